The Bertz CT molecular complexity index is 2040. The largest absolute Gasteiger partial charge is 0.398 e. The highest BCUT2D eigenvalue weighted by molar-refractivity contribution is 7.90. The second kappa shape index (κ2) is 14.0. The highest BCUT2D eigenvalue weighted by Gasteiger charge is 2.35. The third-order valence-electron chi connectivity index (χ3n) is 8.25. The van der Waals surface area contributed by atoms with Gasteiger partial charge < -0.3 is 15.5 Å². The Morgan fingerprint density at radius 3 is 2.19 bits per heavy atom. The zero-order chi connectivity index (χ0) is 35.8. The Labute approximate surface area is 283 Å². The topological polar surface area (TPSA) is 130 Å². The van der Waals surface area contributed by atoms with Gasteiger partial charge in [0.25, 0.3) is 5.56 Å². The normalized spacial score (nSPS) is 14.9. The molecule has 1 aliphatic heterocycles. The number of rotatable bonds is 9. The number of fused-ring (bicyclic) bond motifs is 1. The molecule has 256 valence electrons. The Morgan fingerprint density at radius 1 is 1.08 bits per heavy atom. The molecule has 2 N–H and O–H groups in total. The summed E-state index contributed by atoms with van der Waals surface area (Å²) in [7, 11) is -2.83. The van der Waals surface area contributed by atoms with E-state index in [0.717, 1.165) is 16.9 Å². The smallest absolute Gasteiger partial charge is 0.276 e. The van der Waals surface area contributed by atoms with Crippen LogP contribution < -0.4 is 16.2 Å². The molecule has 2 aromatic carbocycles. The van der Waals surface area contributed by atoms with Crippen molar-refractivity contribution in [2.24, 2.45) is 21.8 Å². The van der Waals surface area contributed by atoms with Crippen molar-refractivity contribution in [3.63, 3.8) is 0 Å². The van der Waals surface area contributed by atoms with E-state index in [1.165, 1.54) is 36.2 Å². The van der Waals surface area contributed by atoms with Gasteiger partial charge in [0, 0.05) is 61.7 Å². The number of carbonyl (C=O) groups is 1. The summed E-state index contributed by atoms with van der Waals surface area (Å²) in [6.07, 6.45) is 2.07. The minimum absolute atomic E-state index is 0.0384. The maximum absolute atomic E-state index is 17.5. The molecule has 2 heterocycles. The molecule has 1 amide bonds. The first kappa shape index (κ1) is 36.5. The molecule has 10 nitrogen and oxygen atoms in total. The van der Waals surface area contributed by atoms with Crippen molar-refractivity contribution in [3.05, 3.63) is 69.6 Å². The molecule has 1 saturated heterocycles. The molecule has 0 spiro atoms. The van der Waals surface area contributed by atoms with Crippen LogP contribution in [0.5, 0.6) is 0 Å². The van der Waals surface area contributed by atoms with E-state index in [1.807, 2.05) is 13.8 Å². The lowest BCUT2D eigenvalue weighted by molar-refractivity contribution is -0.126. The summed E-state index contributed by atoms with van der Waals surface area (Å²) in [5.74, 6) is -3.02. The molecule has 3 aromatic rings. The predicted molar refractivity (Wildman–Crippen MR) is 191 cm³/mol. The fraction of sp³-hybridized carbons (Fsp3) is 0.353. The van der Waals surface area contributed by atoms with Crippen LogP contribution in [0.25, 0.3) is 27.7 Å². The van der Waals surface area contributed by atoms with Crippen molar-refractivity contribution in [1.29, 1.82) is 0 Å². The molecule has 0 saturated carbocycles. The Balaban J connectivity index is 2.36. The number of nitrogens with two attached hydrogens (primary N) is 1. The van der Waals surface area contributed by atoms with Crippen LogP contribution in [-0.2, 0) is 14.6 Å². The van der Waals surface area contributed by atoms with Crippen LogP contribution in [0, 0.1) is 23.5 Å². The number of benzene rings is 2. The Kier molecular flexibility index (Phi) is 10.6. The molecule has 1 aromatic heterocycles. The zero-order valence-electron chi connectivity index (χ0n) is 27.8. The van der Waals surface area contributed by atoms with Crippen LogP contribution >= 0.6 is 11.6 Å². The summed E-state index contributed by atoms with van der Waals surface area (Å²) in [5, 5.41) is -0.309. The summed E-state index contributed by atoms with van der Waals surface area (Å²) >= 11 is 6.75. The molecule has 4 rings (SSSR count). The minimum atomic E-state index is -4.33. The van der Waals surface area contributed by atoms with Crippen molar-refractivity contribution in [1.82, 2.24) is 9.47 Å². The fourth-order valence-corrected chi connectivity index (χ4v) is 7.42. The van der Waals surface area contributed by atoms with Crippen LogP contribution in [0.3, 0.4) is 0 Å². The first-order valence-corrected chi connectivity index (χ1v) is 17.5. The van der Waals surface area contributed by atoms with Crippen LogP contribution in [-0.4, -0.2) is 75.7 Å². The van der Waals surface area contributed by atoms with Gasteiger partial charge in [-0.1, -0.05) is 51.9 Å². The predicted octanol–water partition coefficient (Wildman–Crippen LogP) is 5.67. The molecular formula is C34H39ClF2N6O4S. The van der Waals surface area contributed by atoms with Gasteiger partial charge in [-0.15, -0.1) is 0 Å². The van der Waals surface area contributed by atoms with E-state index in [1.54, 1.807) is 18.7 Å². The summed E-state index contributed by atoms with van der Waals surface area (Å²) in [5.41, 5.74) is 4.36. The number of halogens is 3. The zero-order valence-corrected chi connectivity index (χ0v) is 29.3. The van der Waals surface area contributed by atoms with E-state index in [2.05, 4.69) is 23.3 Å². The van der Waals surface area contributed by atoms with Gasteiger partial charge in [-0.25, -0.2) is 17.2 Å². The maximum Gasteiger partial charge on any atom is 0.276 e. The summed E-state index contributed by atoms with van der Waals surface area (Å²) in [4.78, 5) is 38.4. The first-order valence-electron chi connectivity index (χ1n) is 15.2. The average molecular weight is 701 g/mol. The molecule has 14 heteroatoms. The minimum Gasteiger partial charge on any atom is -0.398 e. The number of amides is 1. The highest BCUT2D eigenvalue weighted by atomic mass is 35.5. The van der Waals surface area contributed by atoms with Gasteiger partial charge in [0.15, 0.2) is 20.5 Å². The van der Waals surface area contributed by atoms with Gasteiger partial charge in [-0.05, 0) is 42.8 Å². The molecule has 1 fully saturated rings. The van der Waals surface area contributed by atoms with Crippen molar-refractivity contribution >= 4 is 67.7 Å². The van der Waals surface area contributed by atoms with Gasteiger partial charge in [0.2, 0.25) is 5.91 Å². The number of anilines is 2. The van der Waals surface area contributed by atoms with Crippen LogP contribution in [0.15, 0.2) is 62.3 Å². The number of allylic oxidation sites excluding steroid dienone is 2. The van der Waals surface area contributed by atoms with Gasteiger partial charge >= 0.3 is 0 Å². The lowest BCUT2D eigenvalue weighted by Crippen LogP contribution is -2.49. The van der Waals surface area contributed by atoms with E-state index in [0.29, 0.717) is 5.71 Å². The number of pyridine rings is 1. The molecule has 0 radical (unpaired) electrons. The molecule has 1 aliphatic rings. The lowest BCUT2D eigenvalue weighted by Gasteiger charge is -2.37. The molecule has 0 atom stereocenters. The Morgan fingerprint density at radius 2 is 1.71 bits per heavy atom. The number of hydrogen-bond donors (Lipinski definition) is 1. The van der Waals surface area contributed by atoms with Crippen molar-refractivity contribution < 1.29 is 22.0 Å². The molecule has 0 bridgehead atoms. The van der Waals surface area contributed by atoms with Crippen LogP contribution in [0.2, 0.25) is 5.02 Å². The van der Waals surface area contributed by atoms with Crippen LogP contribution in [0.1, 0.15) is 27.7 Å². The van der Waals surface area contributed by atoms with Crippen molar-refractivity contribution in [2.45, 2.75) is 32.6 Å². The third kappa shape index (κ3) is 6.40. The number of sulfone groups is 1. The van der Waals surface area contributed by atoms with E-state index >= 15 is 8.78 Å². The number of aromatic nitrogens is 1. The number of carbonyl (C=O) groups excluding carboxylic acids is 1. The van der Waals surface area contributed by atoms with E-state index in [9.17, 15) is 18.0 Å². The van der Waals surface area contributed by atoms with Gasteiger partial charge in [0.05, 0.1) is 33.3 Å². The third-order valence-corrected chi connectivity index (χ3v) is 9.65. The van der Waals surface area contributed by atoms with E-state index in [4.69, 9.17) is 17.3 Å². The second-order valence-corrected chi connectivity index (χ2v) is 14.4. The monoisotopic (exact) mass is 700 g/mol. The van der Waals surface area contributed by atoms with Crippen LogP contribution in [0.4, 0.5) is 20.2 Å². The second-order valence-electron chi connectivity index (χ2n) is 12.1. The summed E-state index contributed by atoms with van der Waals surface area (Å²) in [6.45, 7) is 15.0. The van der Waals surface area contributed by atoms with Gasteiger partial charge in [-0.3, -0.25) is 24.1 Å². The maximum atomic E-state index is 17.5. The average Bonchev–Trinajstić information content (AvgIpc) is 3.01. The highest BCUT2D eigenvalue weighted by Crippen LogP contribution is 2.44. The Hall–Kier alpha value is -4.36. The van der Waals surface area contributed by atoms with Crippen molar-refractivity contribution in [3.8, 4) is 11.1 Å². The SMILES string of the molecule is C=CC(=O)N1CCN(c2c(S(C)(=O)=O)c(=O)n(C(/C(=N\C)C(C)C)=C(/N=C)C(C)C)c3c(F)c(-c4c(N)cccc4F)c(Cl)cc23)CC1. The fourth-order valence-electron chi connectivity index (χ4n) is 6.14. The molecule has 48 heavy (non-hydrogen) atoms. The quantitative estimate of drug-likeness (QED) is 0.174. The summed E-state index contributed by atoms with van der Waals surface area (Å²) in [6, 6.07) is 5.17. The van der Waals surface area contributed by atoms with Crippen molar-refractivity contribution in [2.75, 3.05) is 50.1 Å². The number of aliphatic imine (C=N–C) groups is 2. The molecule has 0 unspecified atom stereocenters. The van der Waals surface area contributed by atoms with E-state index < -0.39 is 37.5 Å². The van der Waals surface area contributed by atoms with Gasteiger partial charge in [0.1, 0.15) is 5.82 Å². The van der Waals surface area contributed by atoms with Gasteiger partial charge in [-0.2, -0.15) is 0 Å². The number of piperazine rings is 1. The summed E-state index contributed by atoms with van der Waals surface area (Å²) < 4.78 is 61.1. The number of nitrogen functional groups attached to an aromatic ring is 1. The number of hydrogen-bond acceptors (Lipinski definition) is 8. The molecular weight excluding hydrogens is 662 g/mol. The lowest BCUT2D eigenvalue weighted by atomic mass is 9.96. The molecule has 0 aliphatic carbocycles. The number of nitrogens with zero attached hydrogens (tertiary/aromatic N) is 5. The first-order chi connectivity index (χ1) is 22.5. The standard InChI is InChI=1S/C34H39ClF2N6O4S/c1-9-24(44)41-13-15-42(16-14-41)31-20-17-21(35)25(26-22(36)11-10-12-23(26)38)27(37)30(20)43(34(45)33(31)48(8,46)47)32(28(39-6)18(2)3)29(40-7)19(4)5/h9-12,17-19H,1,6,13-16,38H2,2-5,7-8H3/b32-28+,40-29-. The van der Waals surface area contributed by atoms with E-state index in [-0.39, 0.29) is 88.2 Å².